The highest BCUT2D eigenvalue weighted by Gasteiger charge is 2.23. The Kier molecular flexibility index (Phi) is 5.03. The molecule has 126 valence electrons. The highest BCUT2D eigenvalue weighted by Crippen LogP contribution is 2.40. The summed E-state index contributed by atoms with van der Waals surface area (Å²) in [7, 11) is 1.72. The number of methoxy groups -OCH3 is 1. The fraction of sp³-hybridized carbons (Fsp3) is 0.333. The molecule has 3 heteroatoms. The van der Waals surface area contributed by atoms with Gasteiger partial charge in [0.1, 0.15) is 5.75 Å². The van der Waals surface area contributed by atoms with Crippen molar-refractivity contribution in [2.24, 2.45) is 0 Å². The average Bonchev–Trinajstić information content (AvgIpc) is 3.09. The monoisotopic (exact) mass is 324 g/mol. The van der Waals surface area contributed by atoms with Crippen molar-refractivity contribution in [3.8, 4) is 16.9 Å². The van der Waals surface area contributed by atoms with E-state index in [1.54, 1.807) is 7.11 Å². The van der Waals surface area contributed by atoms with E-state index < -0.39 is 0 Å². The third-order valence-electron chi connectivity index (χ3n) is 4.40. The Morgan fingerprint density at radius 2 is 1.83 bits per heavy atom. The summed E-state index contributed by atoms with van der Waals surface area (Å²) in [6.45, 7) is 9.40. The van der Waals surface area contributed by atoms with E-state index in [-0.39, 0.29) is 6.29 Å². The smallest absolute Gasteiger partial charge is 0.184 e. The normalized spacial score (nSPS) is 14.8. The number of hydrogen-bond donors (Lipinski definition) is 0. The predicted octanol–water partition coefficient (Wildman–Crippen LogP) is 4.75. The number of benzene rings is 2. The molecule has 0 radical (unpaired) electrons. The fourth-order valence-corrected chi connectivity index (χ4v) is 3.37. The van der Waals surface area contributed by atoms with Gasteiger partial charge in [-0.15, -0.1) is 6.58 Å². The van der Waals surface area contributed by atoms with Gasteiger partial charge < -0.3 is 14.2 Å². The van der Waals surface area contributed by atoms with E-state index in [0.29, 0.717) is 13.2 Å². The van der Waals surface area contributed by atoms with Crippen molar-refractivity contribution in [1.29, 1.82) is 0 Å². The molecule has 0 bridgehead atoms. The summed E-state index contributed by atoms with van der Waals surface area (Å²) in [5, 5.41) is 0. The van der Waals surface area contributed by atoms with Gasteiger partial charge >= 0.3 is 0 Å². The lowest BCUT2D eigenvalue weighted by Crippen LogP contribution is -2.03. The Hall–Kier alpha value is -2.10. The van der Waals surface area contributed by atoms with Gasteiger partial charge in [-0.2, -0.15) is 0 Å². The maximum absolute atomic E-state index is 5.78. The molecule has 2 aromatic carbocycles. The second-order valence-electron chi connectivity index (χ2n) is 6.09. The number of hydrogen-bond acceptors (Lipinski definition) is 3. The summed E-state index contributed by atoms with van der Waals surface area (Å²) in [4.78, 5) is 0. The van der Waals surface area contributed by atoms with E-state index in [4.69, 9.17) is 14.2 Å². The van der Waals surface area contributed by atoms with E-state index in [0.717, 1.165) is 28.9 Å². The third kappa shape index (κ3) is 3.10. The van der Waals surface area contributed by atoms with Gasteiger partial charge in [-0.3, -0.25) is 0 Å². The zero-order chi connectivity index (χ0) is 17.1. The van der Waals surface area contributed by atoms with Crippen LogP contribution in [0.15, 0.2) is 43.0 Å². The van der Waals surface area contributed by atoms with Crippen molar-refractivity contribution in [3.63, 3.8) is 0 Å². The minimum Gasteiger partial charge on any atom is -0.496 e. The van der Waals surface area contributed by atoms with E-state index in [2.05, 4.69) is 50.8 Å². The zero-order valence-electron chi connectivity index (χ0n) is 14.6. The van der Waals surface area contributed by atoms with Crippen LogP contribution in [-0.2, 0) is 15.9 Å². The SMILES string of the molecule is C=CCc1cc(C2OCCO2)cc(-c2c(C)cccc2C)c1OC. The van der Waals surface area contributed by atoms with Crippen LogP contribution in [-0.4, -0.2) is 20.3 Å². The van der Waals surface area contributed by atoms with Crippen LogP contribution in [0.1, 0.15) is 28.5 Å². The fourth-order valence-electron chi connectivity index (χ4n) is 3.37. The first-order valence-corrected chi connectivity index (χ1v) is 8.27. The van der Waals surface area contributed by atoms with E-state index in [9.17, 15) is 0 Å². The van der Waals surface area contributed by atoms with E-state index in [1.807, 2.05) is 6.08 Å². The van der Waals surface area contributed by atoms with Crippen LogP contribution >= 0.6 is 0 Å². The first kappa shape index (κ1) is 16.7. The molecule has 0 aromatic heterocycles. The number of rotatable bonds is 5. The van der Waals surface area contributed by atoms with Gasteiger partial charge in [0.2, 0.25) is 0 Å². The summed E-state index contributed by atoms with van der Waals surface area (Å²) in [6, 6.07) is 10.6. The molecule has 0 aliphatic carbocycles. The molecule has 1 heterocycles. The molecule has 0 N–H and O–H groups in total. The molecule has 24 heavy (non-hydrogen) atoms. The van der Waals surface area contributed by atoms with Gasteiger partial charge in [-0.05, 0) is 54.7 Å². The summed E-state index contributed by atoms with van der Waals surface area (Å²) in [5.41, 5.74) is 6.87. The lowest BCUT2D eigenvalue weighted by atomic mass is 9.91. The van der Waals surface area contributed by atoms with Crippen LogP contribution in [0.2, 0.25) is 0 Å². The lowest BCUT2D eigenvalue weighted by molar-refractivity contribution is -0.0441. The molecule has 0 spiro atoms. The Morgan fingerprint density at radius 1 is 1.17 bits per heavy atom. The van der Waals surface area contributed by atoms with Gasteiger partial charge in [-0.1, -0.05) is 24.3 Å². The molecule has 1 aliphatic rings. The minimum absolute atomic E-state index is 0.303. The van der Waals surface area contributed by atoms with Crippen molar-refractivity contribution in [3.05, 3.63) is 65.2 Å². The van der Waals surface area contributed by atoms with E-state index in [1.165, 1.54) is 16.7 Å². The Morgan fingerprint density at radius 3 is 2.42 bits per heavy atom. The summed E-state index contributed by atoms with van der Waals surface area (Å²) in [5.74, 6) is 0.897. The Balaban J connectivity index is 2.23. The Bertz CT molecular complexity index is 723. The maximum atomic E-state index is 5.78. The molecular formula is C21H24O3. The standard InChI is InChI=1S/C21H24O3/c1-5-7-16-12-17(21-23-10-11-24-21)13-18(20(16)22-4)19-14(2)8-6-9-15(19)3/h5-6,8-9,12-13,21H,1,7,10-11H2,2-4H3. The summed E-state index contributed by atoms with van der Waals surface area (Å²) in [6.07, 6.45) is 2.33. The largest absolute Gasteiger partial charge is 0.496 e. The molecule has 3 nitrogen and oxygen atoms in total. The molecule has 2 aromatic rings. The number of allylic oxidation sites excluding steroid dienone is 1. The van der Waals surface area contributed by atoms with Crippen molar-refractivity contribution < 1.29 is 14.2 Å². The van der Waals surface area contributed by atoms with Crippen molar-refractivity contribution in [2.45, 2.75) is 26.6 Å². The topological polar surface area (TPSA) is 27.7 Å². The molecule has 0 unspecified atom stereocenters. The average molecular weight is 324 g/mol. The van der Waals surface area contributed by atoms with Crippen LogP contribution < -0.4 is 4.74 Å². The van der Waals surface area contributed by atoms with Crippen LogP contribution in [0, 0.1) is 13.8 Å². The van der Waals surface area contributed by atoms with Crippen LogP contribution in [0.5, 0.6) is 5.75 Å². The van der Waals surface area contributed by atoms with Gasteiger partial charge in [0, 0.05) is 11.1 Å². The predicted molar refractivity (Wildman–Crippen MR) is 96.5 cm³/mol. The van der Waals surface area contributed by atoms with E-state index >= 15 is 0 Å². The van der Waals surface area contributed by atoms with Gasteiger partial charge in [0.25, 0.3) is 0 Å². The van der Waals surface area contributed by atoms with Crippen molar-refractivity contribution in [1.82, 2.24) is 0 Å². The number of ether oxygens (including phenoxy) is 3. The molecule has 1 fully saturated rings. The summed E-state index contributed by atoms with van der Waals surface area (Å²) >= 11 is 0. The van der Waals surface area contributed by atoms with Gasteiger partial charge in [0.15, 0.2) is 6.29 Å². The highest BCUT2D eigenvalue weighted by atomic mass is 16.7. The second kappa shape index (κ2) is 7.20. The number of aryl methyl sites for hydroxylation is 2. The zero-order valence-corrected chi connectivity index (χ0v) is 14.6. The maximum Gasteiger partial charge on any atom is 0.184 e. The quantitative estimate of drug-likeness (QED) is 0.743. The molecule has 1 saturated heterocycles. The second-order valence-corrected chi connectivity index (χ2v) is 6.09. The molecule has 0 amide bonds. The Labute approximate surface area is 143 Å². The molecule has 0 atom stereocenters. The molecule has 1 aliphatic heterocycles. The van der Waals surface area contributed by atoms with Crippen molar-refractivity contribution >= 4 is 0 Å². The minimum atomic E-state index is -0.303. The first-order valence-electron chi connectivity index (χ1n) is 8.27. The van der Waals surface area contributed by atoms with Crippen LogP contribution in [0.4, 0.5) is 0 Å². The van der Waals surface area contributed by atoms with Gasteiger partial charge in [0.05, 0.1) is 20.3 Å². The highest BCUT2D eigenvalue weighted by molar-refractivity contribution is 5.78. The molecule has 0 saturated carbocycles. The summed E-state index contributed by atoms with van der Waals surface area (Å²) < 4.78 is 17.2. The van der Waals surface area contributed by atoms with Crippen molar-refractivity contribution in [2.75, 3.05) is 20.3 Å². The molecular weight excluding hydrogens is 300 g/mol. The van der Waals surface area contributed by atoms with Gasteiger partial charge in [-0.25, -0.2) is 0 Å². The van der Waals surface area contributed by atoms with Crippen LogP contribution in [0.25, 0.3) is 11.1 Å². The third-order valence-corrected chi connectivity index (χ3v) is 4.40. The lowest BCUT2D eigenvalue weighted by Gasteiger charge is -2.20. The molecule has 3 rings (SSSR count). The van der Waals surface area contributed by atoms with Crippen LogP contribution in [0.3, 0.4) is 0 Å². The first-order chi connectivity index (χ1) is 11.7.